The molecule has 0 saturated carbocycles. The largest absolute Gasteiger partial charge is 0.307 e. The number of benzene rings is 3. The van der Waals surface area contributed by atoms with Gasteiger partial charge in [0.15, 0.2) is 0 Å². The summed E-state index contributed by atoms with van der Waals surface area (Å²) in [5.74, 6) is -0.101. The Kier molecular flexibility index (Phi) is 6.04. The number of likely N-dealkylation sites (tertiary alicyclic amines) is 1. The highest BCUT2D eigenvalue weighted by atomic mass is 19.1. The number of carbonyl (C=O) groups excluding carboxylic acids is 1. The van der Waals surface area contributed by atoms with Crippen molar-refractivity contribution in [3.8, 4) is 0 Å². The van der Waals surface area contributed by atoms with Gasteiger partial charge in [-0.15, -0.1) is 0 Å². The molecule has 3 aromatic rings. The highest BCUT2D eigenvalue weighted by Crippen LogP contribution is 2.48. The van der Waals surface area contributed by atoms with Crippen molar-refractivity contribution in [3.63, 3.8) is 0 Å². The molecule has 35 heavy (non-hydrogen) atoms. The van der Waals surface area contributed by atoms with Gasteiger partial charge in [0.05, 0.1) is 0 Å². The van der Waals surface area contributed by atoms with Gasteiger partial charge in [-0.3, -0.25) is 9.69 Å². The first-order valence-electron chi connectivity index (χ1n) is 12.7. The number of hydrogen-bond acceptors (Lipinski definition) is 2. The highest BCUT2D eigenvalue weighted by Gasteiger charge is 2.46. The number of nitrogens with zero attached hydrogens (tertiary/aromatic N) is 2. The Balaban J connectivity index is 1.37. The molecule has 3 nitrogen and oxygen atoms in total. The van der Waals surface area contributed by atoms with E-state index in [0.29, 0.717) is 0 Å². The van der Waals surface area contributed by atoms with E-state index >= 15 is 0 Å². The van der Waals surface area contributed by atoms with E-state index in [9.17, 15) is 9.18 Å². The average Bonchev–Trinajstić information content (AvgIpc) is 3.13. The summed E-state index contributed by atoms with van der Waals surface area (Å²) in [5, 5.41) is 0. The SMILES string of the molecule is Cc1ccc2c(c1)C1(CCN(Cc3cccc(F)c3)CC1)CN2C(=O)c1ccc(C(C)(C)C)cc1. The van der Waals surface area contributed by atoms with Crippen LogP contribution in [-0.2, 0) is 17.4 Å². The smallest absolute Gasteiger partial charge is 0.258 e. The first-order valence-corrected chi connectivity index (χ1v) is 12.7. The maximum absolute atomic E-state index is 13.7. The molecule has 0 atom stereocenters. The number of halogens is 1. The monoisotopic (exact) mass is 470 g/mol. The van der Waals surface area contributed by atoms with Gasteiger partial charge >= 0.3 is 0 Å². The quantitative estimate of drug-likeness (QED) is 0.429. The third-order valence-electron chi connectivity index (χ3n) is 7.83. The fraction of sp³-hybridized carbons (Fsp3) is 0.387. The molecule has 1 fully saturated rings. The van der Waals surface area contributed by atoms with Crippen LogP contribution in [0.2, 0.25) is 0 Å². The molecule has 2 aliphatic rings. The number of piperidine rings is 1. The van der Waals surface area contributed by atoms with E-state index < -0.39 is 0 Å². The molecule has 2 heterocycles. The summed E-state index contributed by atoms with van der Waals surface area (Å²) < 4.78 is 13.6. The number of anilines is 1. The number of fused-ring (bicyclic) bond motifs is 2. The molecule has 4 heteroatoms. The van der Waals surface area contributed by atoms with E-state index in [-0.39, 0.29) is 22.6 Å². The normalized spacial score (nSPS) is 17.6. The predicted molar refractivity (Wildman–Crippen MR) is 141 cm³/mol. The lowest BCUT2D eigenvalue weighted by Crippen LogP contribution is -2.45. The van der Waals surface area contributed by atoms with Gasteiger partial charge in [0.25, 0.3) is 5.91 Å². The van der Waals surface area contributed by atoms with Crippen LogP contribution >= 0.6 is 0 Å². The second-order valence-corrected chi connectivity index (χ2v) is 11.4. The highest BCUT2D eigenvalue weighted by molar-refractivity contribution is 6.07. The molecule has 182 valence electrons. The van der Waals surface area contributed by atoms with Crippen LogP contribution in [0.25, 0.3) is 0 Å². The van der Waals surface area contributed by atoms with E-state index in [1.54, 1.807) is 12.1 Å². The van der Waals surface area contributed by atoms with Crippen molar-refractivity contribution in [2.45, 2.75) is 57.9 Å². The van der Waals surface area contributed by atoms with E-state index in [2.05, 4.69) is 62.9 Å². The molecular formula is C31H35FN2O. The van der Waals surface area contributed by atoms with E-state index in [1.807, 2.05) is 23.1 Å². The summed E-state index contributed by atoms with van der Waals surface area (Å²) in [6.07, 6.45) is 1.98. The van der Waals surface area contributed by atoms with E-state index in [0.717, 1.165) is 55.8 Å². The molecule has 1 spiro atoms. The zero-order valence-corrected chi connectivity index (χ0v) is 21.3. The van der Waals surface area contributed by atoms with Crippen LogP contribution in [0.15, 0.2) is 66.7 Å². The van der Waals surface area contributed by atoms with Crippen molar-refractivity contribution in [2.24, 2.45) is 0 Å². The minimum atomic E-state index is -0.180. The molecule has 1 saturated heterocycles. The number of carbonyl (C=O) groups is 1. The Hall–Kier alpha value is -2.98. The van der Waals surface area contributed by atoms with Crippen LogP contribution in [0, 0.1) is 12.7 Å². The topological polar surface area (TPSA) is 23.6 Å². The Labute approximate surface area is 208 Å². The van der Waals surface area contributed by atoms with Gasteiger partial charge in [-0.1, -0.05) is 62.7 Å². The molecule has 0 bridgehead atoms. The third kappa shape index (κ3) is 4.64. The second kappa shape index (κ2) is 8.91. The van der Waals surface area contributed by atoms with Gasteiger partial charge in [0, 0.05) is 29.8 Å². The van der Waals surface area contributed by atoms with E-state index in [4.69, 9.17) is 0 Å². The van der Waals surface area contributed by atoms with Gasteiger partial charge in [0.2, 0.25) is 0 Å². The minimum absolute atomic E-state index is 0.0270. The summed E-state index contributed by atoms with van der Waals surface area (Å²) >= 11 is 0. The maximum atomic E-state index is 13.7. The first kappa shape index (κ1) is 23.7. The van der Waals surface area contributed by atoms with Crippen molar-refractivity contribution in [1.29, 1.82) is 0 Å². The summed E-state index contributed by atoms with van der Waals surface area (Å²) in [4.78, 5) is 18.1. The zero-order valence-electron chi connectivity index (χ0n) is 21.3. The number of rotatable bonds is 3. The number of hydrogen-bond donors (Lipinski definition) is 0. The Bertz CT molecular complexity index is 1230. The Morgan fingerprint density at radius 2 is 1.69 bits per heavy atom. The Morgan fingerprint density at radius 3 is 2.34 bits per heavy atom. The molecule has 5 rings (SSSR count). The van der Waals surface area contributed by atoms with Crippen LogP contribution in [0.3, 0.4) is 0 Å². The van der Waals surface area contributed by atoms with Gasteiger partial charge in [-0.25, -0.2) is 4.39 Å². The van der Waals surface area contributed by atoms with Crippen molar-refractivity contribution in [3.05, 3.63) is 100 Å². The lowest BCUT2D eigenvalue weighted by atomic mass is 9.74. The lowest BCUT2D eigenvalue weighted by molar-refractivity contribution is 0.0975. The van der Waals surface area contributed by atoms with Crippen LogP contribution in [0.1, 0.15) is 66.2 Å². The summed E-state index contributed by atoms with van der Waals surface area (Å²) in [6.45, 7) is 12.0. The van der Waals surface area contributed by atoms with Crippen molar-refractivity contribution in [2.75, 3.05) is 24.5 Å². The summed E-state index contributed by atoms with van der Waals surface area (Å²) in [7, 11) is 0. The minimum Gasteiger partial charge on any atom is -0.307 e. The first-order chi connectivity index (χ1) is 16.6. The van der Waals surface area contributed by atoms with Crippen LogP contribution < -0.4 is 4.90 Å². The molecular weight excluding hydrogens is 435 g/mol. The average molecular weight is 471 g/mol. The second-order valence-electron chi connectivity index (χ2n) is 11.4. The molecule has 3 aromatic carbocycles. The molecule has 0 radical (unpaired) electrons. The van der Waals surface area contributed by atoms with Crippen molar-refractivity contribution >= 4 is 11.6 Å². The molecule has 0 unspecified atom stereocenters. The van der Waals surface area contributed by atoms with Gasteiger partial charge in [0.1, 0.15) is 5.82 Å². The van der Waals surface area contributed by atoms with Gasteiger partial charge in [-0.05, 0) is 85.3 Å². The molecule has 0 aliphatic carbocycles. The summed E-state index contributed by atoms with van der Waals surface area (Å²) in [6, 6.07) is 21.5. The third-order valence-corrected chi connectivity index (χ3v) is 7.83. The fourth-order valence-corrected chi connectivity index (χ4v) is 5.69. The predicted octanol–water partition coefficient (Wildman–Crippen LogP) is 6.63. The van der Waals surface area contributed by atoms with Crippen LogP contribution in [-0.4, -0.2) is 30.4 Å². The van der Waals surface area contributed by atoms with Crippen molar-refractivity contribution < 1.29 is 9.18 Å². The van der Waals surface area contributed by atoms with Crippen molar-refractivity contribution in [1.82, 2.24) is 4.90 Å². The standard InChI is InChI=1S/C31H35FN2O/c1-22-8-13-28-27(18-22)31(14-16-33(17-15-31)20-23-6-5-7-26(32)19-23)21-34(28)29(35)24-9-11-25(12-10-24)30(2,3)4/h5-13,18-19H,14-17,20-21H2,1-4H3. The van der Waals surface area contributed by atoms with Crippen LogP contribution in [0.4, 0.5) is 10.1 Å². The van der Waals surface area contributed by atoms with Gasteiger partial charge in [-0.2, -0.15) is 0 Å². The van der Waals surface area contributed by atoms with Gasteiger partial charge < -0.3 is 4.90 Å². The number of amides is 1. The molecule has 1 amide bonds. The van der Waals surface area contributed by atoms with E-state index in [1.165, 1.54) is 22.8 Å². The Morgan fingerprint density at radius 1 is 0.971 bits per heavy atom. The molecule has 0 N–H and O–H groups in total. The lowest BCUT2D eigenvalue weighted by Gasteiger charge is -2.40. The van der Waals surface area contributed by atoms with Crippen LogP contribution in [0.5, 0.6) is 0 Å². The molecule has 0 aromatic heterocycles. The summed E-state index contributed by atoms with van der Waals surface area (Å²) in [5.41, 5.74) is 6.61. The number of aryl methyl sites for hydroxylation is 1. The zero-order chi connectivity index (χ0) is 24.8. The molecule has 2 aliphatic heterocycles. The maximum Gasteiger partial charge on any atom is 0.258 e. The fourth-order valence-electron chi connectivity index (χ4n) is 5.69.